The lowest BCUT2D eigenvalue weighted by Crippen LogP contribution is -2.41. The molecule has 0 saturated carbocycles. The lowest BCUT2D eigenvalue weighted by molar-refractivity contribution is 0.0844. The number of hydrogen-bond acceptors (Lipinski definition) is 4. The van der Waals surface area contributed by atoms with Crippen molar-refractivity contribution < 1.29 is 19.1 Å². The lowest BCUT2D eigenvalue weighted by Gasteiger charge is -2.13. The third kappa shape index (κ3) is 5.99. The lowest BCUT2D eigenvalue weighted by atomic mass is 10.1. The summed E-state index contributed by atoms with van der Waals surface area (Å²) in [6.45, 7) is 4.73. The standard InChI is InChI=1S/C20H23BrN2O4/c1-13(2)10-11-27-17-7-5-4-6-15(17)20(25)23-22-19(24)14-8-9-18(26-3)16(21)12-14/h4-9,12-13H,10-11H2,1-3H3,(H,22,24)(H,23,25). The molecule has 0 radical (unpaired) electrons. The van der Waals surface area contributed by atoms with Crippen molar-refractivity contribution in [3.63, 3.8) is 0 Å². The van der Waals surface area contributed by atoms with Gasteiger partial charge in [0.2, 0.25) is 0 Å². The molecule has 0 saturated heterocycles. The van der Waals surface area contributed by atoms with Gasteiger partial charge < -0.3 is 9.47 Å². The zero-order valence-corrected chi connectivity index (χ0v) is 17.1. The molecule has 0 aliphatic rings. The van der Waals surface area contributed by atoms with E-state index in [1.54, 1.807) is 49.6 Å². The van der Waals surface area contributed by atoms with Gasteiger partial charge in [0, 0.05) is 5.56 Å². The normalized spacial score (nSPS) is 10.4. The molecule has 0 heterocycles. The molecule has 0 aliphatic carbocycles. The van der Waals surface area contributed by atoms with Crippen molar-refractivity contribution in [2.24, 2.45) is 5.92 Å². The molecule has 7 heteroatoms. The number of carbonyl (C=O) groups excluding carboxylic acids is 2. The predicted octanol–water partition coefficient (Wildman–Crippen LogP) is 3.96. The maximum atomic E-state index is 12.4. The molecule has 0 aromatic heterocycles. The van der Waals surface area contributed by atoms with E-state index >= 15 is 0 Å². The van der Waals surface area contributed by atoms with Gasteiger partial charge in [0.1, 0.15) is 11.5 Å². The largest absolute Gasteiger partial charge is 0.496 e. The Hall–Kier alpha value is -2.54. The van der Waals surface area contributed by atoms with E-state index in [1.807, 2.05) is 0 Å². The molecule has 0 spiro atoms. The van der Waals surface area contributed by atoms with Gasteiger partial charge in [-0.25, -0.2) is 0 Å². The van der Waals surface area contributed by atoms with E-state index < -0.39 is 11.8 Å². The molecule has 6 nitrogen and oxygen atoms in total. The molecule has 144 valence electrons. The molecular formula is C20H23BrN2O4. The SMILES string of the molecule is COc1ccc(C(=O)NNC(=O)c2ccccc2OCCC(C)C)cc1Br. The molecule has 2 aromatic carbocycles. The summed E-state index contributed by atoms with van der Waals surface area (Å²) >= 11 is 3.33. The minimum atomic E-state index is -0.448. The molecule has 2 N–H and O–H groups in total. The van der Waals surface area contributed by atoms with Crippen LogP contribution in [0.4, 0.5) is 0 Å². The predicted molar refractivity (Wildman–Crippen MR) is 107 cm³/mol. The van der Waals surface area contributed by atoms with Crippen molar-refractivity contribution in [1.82, 2.24) is 10.9 Å². The minimum absolute atomic E-state index is 0.359. The number of rotatable bonds is 7. The summed E-state index contributed by atoms with van der Waals surface area (Å²) in [5.41, 5.74) is 5.57. The van der Waals surface area contributed by atoms with Crippen molar-refractivity contribution in [2.45, 2.75) is 20.3 Å². The zero-order chi connectivity index (χ0) is 19.8. The van der Waals surface area contributed by atoms with Gasteiger partial charge in [0.25, 0.3) is 11.8 Å². The number of hydrazine groups is 1. The smallest absolute Gasteiger partial charge is 0.273 e. The van der Waals surface area contributed by atoms with Crippen LogP contribution >= 0.6 is 15.9 Å². The summed E-state index contributed by atoms with van der Waals surface area (Å²) in [6.07, 6.45) is 0.888. The van der Waals surface area contributed by atoms with Crippen LogP contribution in [-0.2, 0) is 0 Å². The first-order valence-electron chi connectivity index (χ1n) is 8.58. The fourth-order valence-electron chi connectivity index (χ4n) is 2.25. The summed E-state index contributed by atoms with van der Waals surface area (Å²) in [7, 11) is 1.54. The Morgan fingerprint density at radius 3 is 2.41 bits per heavy atom. The molecule has 0 aliphatic heterocycles. The molecule has 0 bridgehead atoms. The Bertz CT molecular complexity index is 808. The van der Waals surface area contributed by atoms with Gasteiger partial charge in [-0.05, 0) is 58.6 Å². The number of carbonyl (C=O) groups is 2. The Morgan fingerprint density at radius 2 is 1.74 bits per heavy atom. The van der Waals surface area contributed by atoms with Crippen molar-refractivity contribution >= 4 is 27.7 Å². The number of hydrogen-bond donors (Lipinski definition) is 2. The van der Waals surface area contributed by atoms with Crippen LogP contribution in [0.25, 0.3) is 0 Å². The number of methoxy groups -OCH3 is 1. The van der Waals surface area contributed by atoms with E-state index in [0.717, 1.165) is 6.42 Å². The molecule has 2 amide bonds. The van der Waals surface area contributed by atoms with Crippen LogP contribution in [0.2, 0.25) is 0 Å². The minimum Gasteiger partial charge on any atom is -0.496 e. The maximum Gasteiger partial charge on any atom is 0.273 e. The van der Waals surface area contributed by atoms with Crippen LogP contribution < -0.4 is 20.3 Å². The first kappa shape index (κ1) is 20.8. The Labute approximate surface area is 167 Å². The van der Waals surface area contributed by atoms with E-state index in [1.165, 1.54) is 0 Å². The summed E-state index contributed by atoms with van der Waals surface area (Å²) in [6, 6.07) is 11.8. The second-order valence-corrected chi connectivity index (χ2v) is 7.14. The monoisotopic (exact) mass is 434 g/mol. The average molecular weight is 435 g/mol. The first-order chi connectivity index (χ1) is 12.9. The zero-order valence-electron chi connectivity index (χ0n) is 15.5. The van der Waals surface area contributed by atoms with E-state index in [0.29, 0.717) is 39.6 Å². The van der Waals surface area contributed by atoms with Gasteiger partial charge in [-0.1, -0.05) is 26.0 Å². The molecule has 0 fully saturated rings. The van der Waals surface area contributed by atoms with Crippen LogP contribution in [0.1, 0.15) is 41.0 Å². The Balaban J connectivity index is 1.99. The van der Waals surface area contributed by atoms with Crippen molar-refractivity contribution in [3.05, 3.63) is 58.1 Å². The Kier molecular flexibility index (Phi) is 7.67. The molecule has 27 heavy (non-hydrogen) atoms. The summed E-state index contributed by atoms with van der Waals surface area (Å²) in [5.74, 6) is 0.718. The number of halogens is 1. The van der Waals surface area contributed by atoms with Crippen LogP contribution in [0.5, 0.6) is 11.5 Å². The number of nitrogens with one attached hydrogen (secondary N) is 2. The highest BCUT2D eigenvalue weighted by Gasteiger charge is 2.14. The van der Waals surface area contributed by atoms with Gasteiger partial charge in [-0.3, -0.25) is 20.4 Å². The third-order valence-corrected chi connectivity index (χ3v) is 4.41. The summed E-state index contributed by atoms with van der Waals surface area (Å²) in [5, 5.41) is 0. The van der Waals surface area contributed by atoms with E-state index in [2.05, 4.69) is 40.6 Å². The second kappa shape index (κ2) is 9.97. The fraction of sp³-hybridized carbons (Fsp3) is 0.300. The first-order valence-corrected chi connectivity index (χ1v) is 9.37. The van der Waals surface area contributed by atoms with Gasteiger partial charge in [0.15, 0.2) is 0 Å². The van der Waals surface area contributed by atoms with E-state index in [4.69, 9.17) is 9.47 Å². The number of para-hydroxylation sites is 1. The maximum absolute atomic E-state index is 12.4. The van der Waals surface area contributed by atoms with Gasteiger partial charge in [-0.2, -0.15) is 0 Å². The topological polar surface area (TPSA) is 76.7 Å². The molecule has 0 atom stereocenters. The van der Waals surface area contributed by atoms with Crippen molar-refractivity contribution in [2.75, 3.05) is 13.7 Å². The fourth-order valence-corrected chi connectivity index (χ4v) is 2.79. The van der Waals surface area contributed by atoms with Crippen LogP contribution in [0, 0.1) is 5.92 Å². The van der Waals surface area contributed by atoms with Gasteiger partial charge in [-0.15, -0.1) is 0 Å². The molecular weight excluding hydrogens is 412 g/mol. The highest BCUT2D eigenvalue weighted by molar-refractivity contribution is 9.10. The molecule has 0 unspecified atom stereocenters. The average Bonchev–Trinajstić information content (AvgIpc) is 2.65. The highest BCUT2D eigenvalue weighted by Crippen LogP contribution is 2.25. The summed E-state index contributed by atoms with van der Waals surface area (Å²) < 4.78 is 11.5. The quantitative estimate of drug-likeness (QED) is 0.646. The molecule has 2 rings (SSSR count). The van der Waals surface area contributed by atoms with E-state index in [9.17, 15) is 9.59 Å². The second-order valence-electron chi connectivity index (χ2n) is 6.28. The van der Waals surface area contributed by atoms with Crippen LogP contribution in [0.15, 0.2) is 46.9 Å². The third-order valence-electron chi connectivity index (χ3n) is 3.79. The highest BCUT2D eigenvalue weighted by atomic mass is 79.9. The number of ether oxygens (including phenoxy) is 2. The van der Waals surface area contributed by atoms with Crippen LogP contribution in [-0.4, -0.2) is 25.5 Å². The number of benzene rings is 2. The Morgan fingerprint density at radius 1 is 1.04 bits per heavy atom. The van der Waals surface area contributed by atoms with Crippen molar-refractivity contribution in [3.8, 4) is 11.5 Å². The molecule has 2 aromatic rings. The van der Waals surface area contributed by atoms with Gasteiger partial charge >= 0.3 is 0 Å². The summed E-state index contributed by atoms with van der Waals surface area (Å²) in [4.78, 5) is 24.7. The van der Waals surface area contributed by atoms with Crippen LogP contribution in [0.3, 0.4) is 0 Å². The van der Waals surface area contributed by atoms with E-state index in [-0.39, 0.29) is 0 Å². The van der Waals surface area contributed by atoms with Gasteiger partial charge in [0.05, 0.1) is 23.8 Å². The number of amides is 2. The van der Waals surface area contributed by atoms with Crippen molar-refractivity contribution in [1.29, 1.82) is 0 Å².